The second-order valence-corrected chi connectivity index (χ2v) is 11.2. The molecule has 6 rings (SSSR count). The van der Waals surface area contributed by atoms with Gasteiger partial charge in [0.15, 0.2) is 11.5 Å². The zero-order valence-corrected chi connectivity index (χ0v) is 25.5. The summed E-state index contributed by atoms with van der Waals surface area (Å²) in [7, 11) is 3.34. The predicted molar refractivity (Wildman–Crippen MR) is 177 cm³/mol. The summed E-state index contributed by atoms with van der Waals surface area (Å²) < 4.78 is 11.0. The van der Waals surface area contributed by atoms with Gasteiger partial charge in [-0.3, -0.25) is 19.5 Å². The van der Waals surface area contributed by atoms with Gasteiger partial charge in [-0.05, 0) is 91.0 Å². The average Bonchev–Trinajstić information content (AvgIpc) is 3.07. The van der Waals surface area contributed by atoms with Crippen LogP contribution in [0.1, 0.15) is 43.8 Å². The molecule has 0 fully saturated rings. The van der Waals surface area contributed by atoms with E-state index in [9.17, 15) is 9.59 Å². The Morgan fingerprint density at radius 1 is 0.822 bits per heavy atom. The van der Waals surface area contributed by atoms with Crippen molar-refractivity contribution in [3.63, 3.8) is 0 Å². The third-order valence-electron chi connectivity index (χ3n) is 8.19. The van der Waals surface area contributed by atoms with E-state index in [0.29, 0.717) is 22.5 Å². The van der Waals surface area contributed by atoms with E-state index in [0.717, 1.165) is 66.9 Å². The first-order valence-corrected chi connectivity index (χ1v) is 15.1. The molecule has 228 valence electrons. The number of fused-ring (bicyclic) bond motifs is 2. The Bertz CT molecular complexity index is 1850. The van der Waals surface area contributed by atoms with Gasteiger partial charge in [0.1, 0.15) is 0 Å². The molecule has 0 unspecified atom stereocenters. The zero-order valence-electron chi connectivity index (χ0n) is 25.5. The van der Waals surface area contributed by atoms with E-state index in [-0.39, 0.29) is 11.8 Å². The molecular weight excluding hydrogens is 564 g/mol. The van der Waals surface area contributed by atoms with Gasteiger partial charge in [0.05, 0.1) is 36.6 Å². The number of hydrogen-bond donors (Lipinski definition) is 2. The van der Waals surface area contributed by atoms with Crippen LogP contribution in [0.15, 0.2) is 97.2 Å². The first-order valence-electron chi connectivity index (χ1n) is 15.1. The quantitative estimate of drug-likeness (QED) is 0.184. The van der Waals surface area contributed by atoms with Crippen molar-refractivity contribution in [1.82, 2.24) is 9.88 Å². The van der Waals surface area contributed by atoms with E-state index in [1.54, 1.807) is 50.7 Å². The molecule has 0 saturated heterocycles. The third kappa shape index (κ3) is 6.97. The number of amides is 2. The minimum Gasteiger partial charge on any atom is -0.493 e. The van der Waals surface area contributed by atoms with Crippen LogP contribution < -0.4 is 20.1 Å². The van der Waals surface area contributed by atoms with Crippen LogP contribution in [0, 0.1) is 0 Å². The highest BCUT2D eigenvalue weighted by atomic mass is 16.5. The molecule has 0 bridgehead atoms. The molecular formula is C37H36N4O4. The van der Waals surface area contributed by atoms with Crippen molar-refractivity contribution < 1.29 is 19.1 Å². The number of aromatic nitrogens is 1. The van der Waals surface area contributed by atoms with Crippen LogP contribution in [0.5, 0.6) is 11.5 Å². The van der Waals surface area contributed by atoms with Crippen molar-refractivity contribution in [2.24, 2.45) is 0 Å². The summed E-state index contributed by atoms with van der Waals surface area (Å²) in [5.74, 6) is 0.929. The molecule has 1 aliphatic heterocycles. The molecule has 8 heteroatoms. The fourth-order valence-corrected chi connectivity index (χ4v) is 5.82. The van der Waals surface area contributed by atoms with Gasteiger partial charge < -0.3 is 20.1 Å². The average molecular weight is 601 g/mol. The summed E-state index contributed by atoms with van der Waals surface area (Å²) in [5.41, 5.74) is 6.52. The van der Waals surface area contributed by atoms with Crippen molar-refractivity contribution in [3.8, 4) is 11.5 Å². The lowest BCUT2D eigenvalue weighted by molar-refractivity contribution is 0.102. The van der Waals surface area contributed by atoms with E-state index in [2.05, 4.69) is 38.7 Å². The topological polar surface area (TPSA) is 92.8 Å². The van der Waals surface area contributed by atoms with Gasteiger partial charge in [0.25, 0.3) is 11.8 Å². The number of nitrogens with one attached hydrogen (secondary N) is 2. The van der Waals surface area contributed by atoms with Gasteiger partial charge in [-0.15, -0.1) is 0 Å². The van der Waals surface area contributed by atoms with Gasteiger partial charge in [0.2, 0.25) is 0 Å². The van der Waals surface area contributed by atoms with Crippen LogP contribution in [-0.4, -0.2) is 49.0 Å². The molecule has 5 aromatic rings. The molecule has 0 aliphatic carbocycles. The van der Waals surface area contributed by atoms with E-state index >= 15 is 0 Å². The standard InChI is InChI=1S/C37H36N4O4/c1-44-34-21-26-16-18-41(24-29(26)22-35(34)45-2)17-8-10-25-9-7-12-30(19-25)39-37(43)31-13-4-6-15-33(31)40-36(42)28-20-27-11-3-5-14-32(27)38-23-28/h3-7,9,11-15,19-23H,8,10,16-18,24H2,1-2H3,(H,39,43)(H,40,42). The summed E-state index contributed by atoms with van der Waals surface area (Å²) in [6.07, 6.45) is 4.42. The van der Waals surface area contributed by atoms with Crippen molar-refractivity contribution in [1.29, 1.82) is 0 Å². The molecule has 0 radical (unpaired) electrons. The third-order valence-corrected chi connectivity index (χ3v) is 8.19. The number of ether oxygens (including phenoxy) is 2. The Morgan fingerprint density at radius 2 is 1.60 bits per heavy atom. The van der Waals surface area contributed by atoms with Crippen molar-refractivity contribution in [2.45, 2.75) is 25.8 Å². The number of hydrogen-bond acceptors (Lipinski definition) is 6. The summed E-state index contributed by atoms with van der Waals surface area (Å²) in [4.78, 5) is 33.3. The number of carbonyl (C=O) groups is 2. The second-order valence-electron chi connectivity index (χ2n) is 11.2. The molecule has 1 aliphatic rings. The fraction of sp³-hybridized carbons (Fsp3) is 0.216. The van der Waals surface area contributed by atoms with E-state index in [4.69, 9.17) is 9.47 Å². The molecule has 1 aromatic heterocycles. The highest BCUT2D eigenvalue weighted by Gasteiger charge is 2.19. The summed E-state index contributed by atoms with van der Waals surface area (Å²) in [5, 5.41) is 6.78. The maximum absolute atomic E-state index is 13.3. The lowest BCUT2D eigenvalue weighted by atomic mass is 9.98. The van der Waals surface area contributed by atoms with Gasteiger partial charge >= 0.3 is 0 Å². The molecule has 2 amide bonds. The number of anilines is 2. The summed E-state index contributed by atoms with van der Waals surface area (Å²) >= 11 is 0. The van der Waals surface area contributed by atoms with Gasteiger partial charge in [0, 0.05) is 30.4 Å². The van der Waals surface area contributed by atoms with Crippen LogP contribution in [-0.2, 0) is 19.4 Å². The first-order chi connectivity index (χ1) is 22.0. The number of aryl methyl sites for hydroxylation is 1. The SMILES string of the molecule is COc1cc2c(cc1OC)CN(CCCc1cccc(NC(=O)c3ccccc3NC(=O)c3cnc4ccccc4c3)c1)CC2. The van der Waals surface area contributed by atoms with Crippen LogP contribution in [0.2, 0.25) is 0 Å². The van der Waals surface area contributed by atoms with Gasteiger partial charge in [-0.25, -0.2) is 0 Å². The maximum atomic E-state index is 13.3. The molecule has 0 atom stereocenters. The largest absolute Gasteiger partial charge is 0.493 e. The number of nitrogens with zero attached hydrogens (tertiary/aromatic N) is 2. The molecule has 8 nitrogen and oxygen atoms in total. The molecule has 0 spiro atoms. The Hall–Kier alpha value is -5.21. The molecule has 2 N–H and O–H groups in total. The monoisotopic (exact) mass is 600 g/mol. The highest BCUT2D eigenvalue weighted by molar-refractivity contribution is 6.13. The maximum Gasteiger partial charge on any atom is 0.257 e. The van der Waals surface area contributed by atoms with Crippen LogP contribution in [0.4, 0.5) is 11.4 Å². The normalized spacial score (nSPS) is 12.8. The van der Waals surface area contributed by atoms with Crippen molar-refractivity contribution >= 4 is 34.1 Å². The minimum atomic E-state index is -0.327. The Balaban J connectivity index is 1.05. The van der Waals surface area contributed by atoms with Crippen LogP contribution in [0.3, 0.4) is 0 Å². The molecule has 4 aromatic carbocycles. The number of carbonyl (C=O) groups excluding carboxylic acids is 2. The van der Waals surface area contributed by atoms with Crippen LogP contribution in [0.25, 0.3) is 10.9 Å². The van der Waals surface area contributed by atoms with Gasteiger partial charge in [-0.1, -0.05) is 42.5 Å². The van der Waals surface area contributed by atoms with Crippen molar-refractivity contribution in [2.75, 3.05) is 37.9 Å². The number of pyridine rings is 1. The van der Waals surface area contributed by atoms with E-state index in [1.165, 1.54) is 11.1 Å². The molecule has 45 heavy (non-hydrogen) atoms. The van der Waals surface area contributed by atoms with Crippen molar-refractivity contribution in [3.05, 3.63) is 125 Å². The van der Waals surface area contributed by atoms with Gasteiger partial charge in [-0.2, -0.15) is 0 Å². The van der Waals surface area contributed by atoms with E-state index in [1.807, 2.05) is 42.5 Å². The molecule has 2 heterocycles. The predicted octanol–water partition coefficient (Wildman–Crippen LogP) is 6.75. The second kappa shape index (κ2) is 13.6. The Kier molecular flexibility index (Phi) is 9.03. The minimum absolute atomic E-state index is 0.293. The first kappa shape index (κ1) is 29.8. The lowest BCUT2D eigenvalue weighted by Crippen LogP contribution is -2.31. The number of benzene rings is 4. The molecule has 0 saturated carbocycles. The lowest BCUT2D eigenvalue weighted by Gasteiger charge is -2.29. The van der Waals surface area contributed by atoms with Crippen LogP contribution >= 0.6 is 0 Å². The number of methoxy groups -OCH3 is 2. The summed E-state index contributed by atoms with van der Waals surface area (Å²) in [6, 6.07) is 28.6. The highest BCUT2D eigenvalue weighted by Crippen LogP contribution is 2.33. The van der Waals surface area contributed by atoms with E-state index < -0.39 is 0 Å². The Morgan fingerprint density at radius 3 is 2.44 bits per heavy atom. The smallest absolute Gasteiger partial charge is 0.257 e. The Labute approximate surface area is 263 Å². The fourth-order valence-electron chi connectivity index (χ4n) is 5.82. The summed E-state index contributed by atoms with van der Waals surface area (Å²) in [6.45, 7) is 2.87. The number of para-hydroxylation sites is 2. The number of rotatable bonds is 10. The zero-order chi connectivity index (χ0) is 31.2.